The number of alkyl carbamates (subject to hydrolysis) is 1. The number of rotatable bonds is 5. The smallest absolute Gasteiger partial charge is 0.408 e. The SMILES string of the molecule is COCCOC(=O)C1(NC(=O)OC(C)(C)C)CCNC1. The molecule has 20 heavy (non-hydrogen) atoms. The molecule has 0 aromatic rings. The van der Waals surface area contributed by atoms with E-state index in [-0.39, 0.29) is 6.61 Å². The lowest BCUT2D eigenvalue weighted by Crippen LogP contribution is -2.57. The first-order valence-electron chi connectivity index (χ1n) is 6.67. The molecule has 0 aliphatic carbocycles. The van der Waals surface area contributed by atoms with Crippen LogP contribution in [0.4, 0.5) is 4.79 Å². The largest absolute Gasteiger partial charge is 0.461 e. The van der Waals surface area contributed by atoms with Gasteiger partial charge in [0.15, 0.2) is 5.54 Å². The number of methoxy groups -OCH3 is 1. The van der Waals surface area contributed by atoms with E-state index in [9.17, 15) is 9.59 Å². The molecule has 0 bridgehead atoms. The molecule has 0 aromatic carbocycles. The minimum Gasteiger partial charge on any atom is -0.461 e. The van der Waals surface area contributed by atoms with Gasteiger partial charge in [-0.1, -0.05) is 0 Å². The van der Waals surface area contributed by atoms with Gasteiger partial charge < -0.3 is 24.8 Å². The minimum atomic E-state index is -1.06. The van der Waals surface area contributed by atoms with Crippen molar-refractivity contribution in [2.45, 2.75) is 38.3 Å². The van der Waals surface area contributed by atoms with Crippen molar-refractivity contribution < 1.29 is 23.8 Å². The van der Waals surface area contributed by atoms with Crippen molar-refractivity contribution in [3.8, 4) is 0 Å². The zero-order valence-electron chi connectivity index (χ0n) is 12.6. The summed E-state index contributed by atoms with van der Waals surface area (Å²) in [5.74, 6) is -0.467. The third-order valence-electron chi connectivity index (χ3n) is 2.81. The van der Waals surface area contributed by atoms with Gasteiger partial charge in [0.05, 0.1) is 6.61 Å². The average Bonchev–Trinajstić information content (AvgIpc) is 2.76. The summed E-state index contributed by atoms with van der Waals surface area (Å²) in [5, 5.41) is 5.69. The van der Waals surface area contributed by atoms with Crippen LogP contribution in [-0.4, -0.2) is 56.6 Å². The van der Waals surface area contributed by atoms with Crippen molar-refractivity contribution in [1.82, 2.24) is 10.6 Å². The molecule has 7 heteroatoms. The summed E-state index contributed by atoms with van der Waals surface area (Å²) >= 11 is 0. The van der Waals surface area contributed by atoms with Gasteiger partial charge >= 0.3 is 12.1 Å². The Balaban J connectivity index is 2.62. The van der Waals surface area contributed by atoms with Gasteiger partial charge in [0.25, 0.3) is 0 Å². The van der Waals surface area contributed by atoms with Crippen LogP contribution in [0.5, 0.6) is 0 Å². The summed E-state index contributed by atoms with van der Waals surface area (Å²) in [5.41, 5.74) is -1.67. The molecule has 0 spiro atoms. The van der Waals surface area contributed by atoms with Gasteiger partial charge in [-0.25, -0.2) is 9.59 Å². The van der Waals surface area contributed by atoms with Crippen molar-refractivity contribution in [3.63, 3.8) is 0 Å². The molecule has 1 aliphatic rings. The van der Waals surface area contributed by atoms with Crippen molar-refractivity contribution in [1.29, 1.82) is 0 Å². The monoisotopic (exact) mass is 288 g/mol. The van der Waals surface area contributed by atoms with E-state index in [2.05, 4.69) is 10.6 Å². The standard InChI is InChI=1S/C13H24N2O5/c1-12(2,3)20-11(17)15-13(5-6-14-9-13)10(16)19-8-7-18-4/h14H,5-9H2,1-4H3,(H,15,17). The number of ether oxygens (including phenoxy) is 3. The van der Waals surface area contributed by atoms with Gasteiger partial charge in [0, 0.05) is 13.7 Å². The molecule has 1 rings (SSSR count). The normalized spacial score (nSPS) is 22.4. The fraction of sp³-hybridized carbons (Fsp3) is 0.846. The van der Waals surface area contributed by atoms with Crippen LogP contribution in [-0.2, 0) is 19.0 Å². The predicted molar refractivity (Wildman–Crippen MR) is 72.4 cm³/mol. The van der Waals surface area contributed by atoms with E-state index in [0.717, 1.165) is 0 Å². The number of carbonyl (C=O) groups is 2. The zero-order chi connectivity index (χ0) is 15.2. The summed E-state index contributed by atoms with van der Waals surface area (Å²) in [6, 6.07) is 0. The van der Waals surface area contributed by atoms with Gasteiger partial charge in [-0.05, 0) is 33.7 Å². The number of esters is 1. The average molecular weight is 288 g/mol. The van der Waals surface area contributed by atoms with Crippen molar-refractivity contribution in [2.24, 2.45) is 0 Å². The van der Waals surface area contributed by atoms with E-state index >= 15 is 0 Å². The summed E-state index contributed by atoms with van der Waals surface area (Å²) < 4.78 is 15.1. The molecule has 1 aliphatic heterocycles. The summed E-state index contributed by atoms with van der Waals surface area (Å²) in [6.07, 6.45) is -0.150. The van der Waals surface area contributed by atoms with E-state index in [1.54, 1.807) is 20.8 Å². The van der Waals surface area contributed by atoms with E-state index in [4.69, 9.17) is 14.2 Å². The number of carbonyl (C=O) groups excluding carboxylic acids is 2. The van der Waals surface area contributed by atoms with Gasteiger partial charge in [0.1, 0.15) is 12.2 Å². The molecule has 1 atom stereocenters. The second-order valence-corrected chi connectivity index (χ2v) is 5.76. The highest BCUT2D eigenvalue weighted by molar-refractivity contribution is 5.86. The molecule has 2 N–H and O–H groups in total. The second kappa shape index (κ2) is 6.90. The fourth-order valence-electron chi connectivity index (χ4n) is 1.88. The topological polar surface area (TPSA) is 85.9 Å². The molecule has 0 radical (unpaired) electrons. The molecule has 7 nitrogen and oxygen atoms in total. The first-order chi connectivity index (χ1) is 9.29. The molecule has 1 heterocycles. The van der Waals surface area contributed by atoms with E-state index < -0.39 is 23.2 Å². The number of hydrogen-bond acceptors (Lipinski definition) is 6. The number of amides is 1. The highest BCUT2D eigenvalue weighted by atomic mass is 16.6. The Hall–Kier alpha value is -1.34. The molecule has 0 aromatic heterocycles. The Bertz CT molecular complexity index is 345. The minimum absolute atomic E-state index is 0.160. The third-order valence-corrected chi connectivity index (χ3v) is 2.81. The Morgan fingerprint density at radius 3 is 2.50 bits per heavy atom. The van der Waals surface area contributed by atoms with Crippen LogP contribution >= 0.6 is 0 Å². The lowest BCUT2D eigenvalue weighted by Gasteiger charge is -2.29. The first-order valence-corrected chi connectivity index (χ1v) is 6.67. The van der Waals surface area contributed by atoms with Gasteiger partial charge in [0.2, 0.25) is 0 Å². The van der Waals surface area contributed by atoms with E-state index in [1.165, 1.54) is 7.11 Å². The van der Waals surface area contributed by atoms with Crippen LogP contribution in [0.3, 0.4) is 0 Å². The highest BCUT2D eigenvalue weighted by Gasteiger charge is 2.45. The number of nitrogens with one attached hydrogen (secondary N) is 2. The lowest BCUT2D eigenvalue weighted by molar-refractivity contribution is -0.152. The molecule has 1 saturated heterocycles. The summed E-state index contributed by atoms with van der Waals surface area (Å²) in [6.45, 7) is 6.75. The van der Waals surface area contributed by atoms with Crippen LogP contribution < -0.4 is 10.6 Å². The van der Waals surface area contributed by atoms with Crippen molar-refractivity contribution in [2.75, 3.05) is 33.4 Å². The predicted octanol–water partition coefficient (Wildman–Crippen LogP) is 0.433. The van der Waals surface area contributed by atoms with Gasteiger partial charge in [-0.15, -0.1) is 0 Å². The van der Waals surface area contributed by atoms with Crippen LogP contribution in [0.25, 0.3) is 0 Å². The van der Waals surface area contributed by atoms with Gasteiger partial charge in [-0.3, -0.25) is 0 Å². The van der Waals surface area contributed by atoms with Crippen LogP contribution in [0.2, 0.25) is 0 Å². The van der Waals surface area contributed by atoms with Crippen LogP contribution in [0.1, 0.15) is 27.2 Å². The third kappa shape index (κ3) is 4.97. The van der Waals surface area contributed by atoms with Crippen molar-refractivity contribution in [3.05, 3.63) is 0 Å². The van der Waals surface area contributed by atoms with Crippen LogP contribution in [0, 0.1) is 0 Å². The Labute approximate surface area is 119 Å². The second-order valence-electron chi connectivity index (χ2n) is 5.76. The van der Waals surface area contributed by atoms with E-state index in [1.807, 2.05) is 0 Å². The molecule has 116 valence electrons. The molecule has 1 fully saturated rings. The lowest BCUT2D eigenvalue weighted by atomic mass is 9.99. The Morgan fingerprint density at radius 1 is 1.30 bits per heavy atom. The molecular weight excluding hydrogens is 264 g/mol. The maximum atomic E-state index is 12.2. The molecule has 0 saturated carbocycles. The quantitative estimate of drug-likeness (QED) is 0.564. The summed E-state index contributed by atoms with van der Waals surface area (Å²) in [7, 11) is 1.53. The van der Waals surface area contributed by atoms with E-state index in [0.29, 0.717) is 26.1 Å². The van der Waals surface area contributed by atoms with Gasteiger partial charge in [-0.2, -0.15) is 0 Å². The Kier molecular flexibility index (Phi) is 5.76. The van der Waals surface area contributed by atoms with Crippen LogP contribution in [0.15, 0.2) is 0 Å². The highest BCUT2D eigenvalue weighted by Crippen LogP contribution is 2.18. The zero-order valence-corrected chi connectivity index (χ0v) is 12.6. The van der Waals surface area contributed by atoms with Crippen molar-refractivity contribution >= 4 is 12.1 Å². The molecular formula is C13H24N2O5. The molecule has 1 unspecified atom stereocenters. The number of hydrogen-bond donors (Lipinski definition) is 2. The summed E-state index contributed by atoms with van der Waals surface area (Å²) in [4.78, 5) is 24.0. The first kappa shape index (κ1) is 16.7. The fourth-order valence-corrected chi connectivity index (χ4v) is 1.88. The maximum absolute atomic E-state index is 12.2. The molecule has 1 amide bonds. The maximum Gasteiger partial charge on any atom is 0.408 e. The Morgan fingerprint density at radius 2 is 2.00 bits per heavy atom.